The lowest BCUT2D eigenvalue weighted by Crippen LogP contribution is -2.38. The lowest BCUT2D eigenvalue weighted by atomic mass is 10.1. The van der Waals surface area contributed by atoms with E-state index in [0.29, 0.717) is 12.2 Å². The molecule has 0 radical (unpaired) electrons. The van der Waals surface area contributed by atoms with Crippen molar-refractivity contribution in [3.8, 4) is 0 Å². The maximum atomic E-state index is 12.9. The summed E-state index contributed by atoms with van der Waals surface area (Å²) < 4.78 is 7.91. The Balaban J connectivity index is 1.41. The molecule has 3 heterocycles. The molecule has 0 spiro atoms. The van der Waals surface area contributed by atoms with Gasteiger partial charge in [0.1, 0.15) is 11.5 Å². The highest BCUT2D eigenvalue weighted by Crippen LogP contribution is 2.24. The van der Waals surface area contributed by atoms with Gasteiger partial charge in [-0.1, -0.05) is 36.8 Å². The van der Waals surface area contributed by atoms with Crippen LogP contribution in [-0.4, -0.2) is 41.6 Å². The van der Waals surface area contributed by atoms with E-state index < -0.39 is 0 Å². The first-order valence-corrected chi connectivity index (χ1v) is 10.8. The number of benzene rings is 1. The van der Waals surface area contributed by atoms with Crippen molar-refractivity contribution in [2.24, 2.45) is 0 Å². The second-order valence-electron chi connectivity index (χ2n) is 8.04. The van der Waals surface area contributed by atoms with Crippen molar-refractivity contribution in [3.05, 3.63) is 59.5 Å². The smallest absolute Gasteiger partial charge is 0.268 e. The molecule has 1 aromatic carbocycles. The molecule has 154 valence electrons. The summed E-state index contributed by atoms with van der Waals surface area (Å²) in [6.45, 7) is 6.67. The fourth-order valence-corrected chi connectivity index (χ4v) is 4.28. The van der Waals surface area contributed by atoms with Gasteiger partial charge >= 0.3 is 0 Å². The molecule has 0 bridgehead atoms. The van der Waals surface area contributed by atoms with Crippen LogP contribution in [0.3, 0.4) is 0 Å². The predicted molar refractivity (Wildman–Crippen MR) is 116 cm³/mol. The minimum absolute atomic E-state index is 0.00854. The third-order valence-corrected chi connectivity index (χ3v) is 5.80. The van der Waals surface area contributed by atoms with Crippen LogP contribution >= 0.6 is 0 Å². The number of hydrogen-bond donors (Lipinski definition) is 1. The minimum Gasteiger partial charge on any atom is -0.460 e. The molecule has 1 aliphatic rings. The van der Waals surface area contributed by atoms with Gasteiger partial charge in [-0.2, -0.15) is 0 Å². The monoisotopic (exact) mass is 393 g/mol. The molecule has 0 saturated carbocycles. The third kappa shape index (κ3) is 4.91. The molecule has 0 atom stereocenters. The number of nitrogens with one attached hydrogen (secondary N) is 1. The van der Waals surface area contributed by atoms with Crippen molar-refractivity contribution >= 4 is 17.0 Å². The number of hydrogen-bond acceptors (Lipinski definition) is 3. The third-order valence-electron chi connectivity index (χ3n) is 5.80. The summed E-state index contributed by atoms with van der Waals surface area (Å²) in [5.41, 5.74) is 3.83. The van der Waals surface area contributed by atoms with E-state index in [4.69, 9.17) is 4.42 Å². The van der Waals surface area contributed by atoms with Gasteiger partial charge in [0, 0.05) is 31.8 Å². The highest BCUT2D eigenvalue weighted by molar-refractivity contribution is 5.97. The zero-order valence-electron chi connectivity index (χ0n) is 17.3. The molecule has 29 heavy (non-hydrogen) atoms. The zero-order chi connectivity index (χ0) is 20.1. The maximum absolute atomic E-state index is 12.9. The molecule has 5 heteroatoms. The van der Waals surface area contributed by atoms with Crippen molar-refractivity contribution in [3.63, 3.8) is 0 Å². The van der Waals surface area contributed by atoms with Crippen LogP contribution in [0.5, 0.6) is 0 Å². The minimum atomic E-state index is -0.00854. The van der Waals surface area contributed by atoms with Crippen LogP contribution in [0.4, 0.5) is 0 Å². The maximum Gasteiger partial charge on any atom is 0.268 e. The van der Waals surface area contributed by atoms with Crippen LogP contribution in [0, 0.1) is 6.92 Å². The summed E-state index contributed by atoms with van der Waals surface area (Å²) in [5.74, 6) is 0.870. The largest absolute Gasteiger partial charge is 0.460 e. The second kappa shape index (κ2) is 9.31. The highest BCUT2D eigenvalue weighted by atomic mass is 16.3. The van der Waals surface area contributed by atoms with E-state index in [1.807, 2.05) is 25.1 Å². The number of nitrogens with zero attached hydrogens (tertiary/aromatic N) is 2. The molecule has 0 aliphatic carbocycles. The van der Waals surface area contributed by atoms with E-state index in [2.05, 4.69) is 39.0 Å². The van der Waals surface area contributed by atoms with Gasteiger partial charge in [-0.15, -0.1) is 0 Å². The SMILES string of the molecule is Cc1cc2c(cc(C(=O)NCCN3CCCCC3)n2CCCc2ccccc2)o1. The van der Waals surface area contributed by atoms with Gasteiger partial charge in [0.15, 0.2) is 5.58 Å². The normalized spacial score (nSPS) is 15.1. The average Bonchev–Trinajstić information content (AvgIpc) is 3.26. The predicted octanol–water partition coefficient (Wildman–Crippen LogP) is 4.39. The van der Waals surface area contributed by atoms with Crippen LogP contribution in [0.15, 0.2) is 46.9 Å². The van der Waals surface area contributed by atoms with E-state index in [1.165, 1.54) is 24.8 Å². The Kier molecular flexibility index (Phi) is 6.35. The number of fused-ring (bicyclic) bond motifs is 1. The van der Waals surface area contributed by atoms with Gasteiger partial charge in [-0.25, -0.2) is 0 Å². The molecule has 1 saturated heterocycles. The standard InChI is InChI=1S/C24H31N3O2/c1-19-17-21-23(29-19)18-22(24(28)25-12-16-26-13-6-3-7-14-26)27(21)15-8-11-20-9-4-2-5-10-20/h2,4-5,9-10,17-18H,3,6-8,11-16H2,1H3,(H,25,28). The lowest BCUT2D eigenvalue weighted by Gasteiger charge is -2.26. The Morgan fingerprint density at radius 2 is 1.86 bits per heavy atom. The number of furan rings is 1. The summed E-state index contributed by atoms with van der Waals surface area (Å²) >= 11 is 0. The van der Waals surface area contributed by atoms with Crippen molar-refractivity contribution in [2.75, 3.05) is 26.2 Å². The van der Waals surface area contributed by atoms with Gasteiger partial charge in [-0.3, -0.25) is 4.79 Å². The number of aromatic nitrogens is 1. The first-order valence-electron chi connectivity index (χ1n) is 10.8. The molecule has 5 nitrogen and oxygen atoms in total. The first kappa shape index (κ1) is 19.8. The average molecular weight is 394 g/mol. The van der Waals surface area contributed by atoms with Crippen molar-refractivity contribution in [1.29, 1.82) is 0 Å². The van der Waals surface area contributed by atoms with Gasteiger partial charge < -0.3 is 19.2 Å². The Labute approximate surface area is 172 Å². The molecule has 3 aromatic rings. The van der Waals surface area contributed by atoms with E-state index in [-0.39, 0.29) is 5.91 Å². The Morgan fingerprint density at radius 1 is 1.07 bits per heavy atom. The number of piperidine rings is 1. The van der Waals surface area contributed by atoms with Crippen LogP contribution in [0.25, 0.3) is 11.1 Å². The van der Waals surface area contributed by atoms with Crippen LogP contribution < -0.4 is 5.32 Å². The lowest BCUT2D eigenvalue weighted by molar-refractivity contribution is 0.0937. The number of likely N-dealkylation sites (tertiary alicyclic amines) is 1. The second-order valence-corrected chi connectivity index (χ2v) is 8.04. The fraction of sp³-hybridized carbons (Fsp3) is 0.458. The Morgan fingerprint density at radius 3 is 2.66 bits per heavy atom. The summed E-state index contributed by atoms with van der Waals surface area (Å²) in [7, 11) is 0. The topological polar surface area (TPSA) is 50.4 Å². The number of carbonyl (C=O) groups excluding carboxylic acids is 1. The van der Waals surface area contributed by atoms with E-state index in [9.17, 15) is 4.79 Å². The first-order chi connectivity index (χ1) is 14.2. The Bertz CT molecular complexity index is 936. The van der Waals surface area contributed by atoms with Crippen LogP contribution in [0.1, 0.15) is 47.5 Å². The summed E-state index contributed by atoms with van der Waals surface area (Å²) in [4.78, 5) is 15.3. The fourth-order valence-electron chi connectivity index (χ4n) is 4.28. The quantitative estimate of drug-likeness (QED) is 0.617. The molecule has 1 aliphatic heterocycles. The highest BCUT2D eigenvalue weighted by Gasteiger charge is 2.18. The van der Waals surface area contributed by atoms with E-state index in [1.54, 1.807) is 0 Å². The summed E-state index contributed by atoms with van der Waals surface area (Å²) in [6, 6.07) is 14.4. The molecular weight excluding hydrogens is 362 g/mol. The zero-order valence-corrected chi connectivity index (χ0v) is 17.3. The van der Waals surface area contributed by atoms with Gasteiger partial charge in [0.25, 0.3) is 5.91 Å². The summed E-state index contributed by atoms with van der Waals surface area (Å²) in [5, 5.41) is 3.12. The molecule has 2 aromatic heterocycles. The number of carbonyl (C=O) groups is 1. The number of rotatable bonds is 8. The van der Waals surface area contributed by atoms with Crippen molar-refractivity contribution < 1.29 is 9.21 Å². The summed E-state index contributed by atoms with van der Waals surface area (Å²) in [6.07, 6.45) is 5.85. The molecule has 1 fully saturated rings. The molecule has 0 unspecified atom stereocenters. The number of aryl methyl sites for hydroxylation is 3. The molecular formula is C24H31N3O2. The van der Waals surface area contributed by atoms with Gasteiger partial charge in [0.05, 0.1) is 5.52 Å². The van der Waals surface area contributed by atoms with Gasteiger partial charge in [-0.05, 0) is 51.3 Å². The van der Waals surface area contributed by atoms with Crippen LogP contribution in [-0.2, 0) is 13.0 Å². The molecule has 1 N–H and O–H groups in total. The molecule has 1 amide bonds. The molecule has 4 rings (SSSR count). The van der Waals surface area contributed by atoms with E-state index in [0.717, 1.165) is 55.9 Å². The number of amides is 1. The van der Waals surface area contributed by atoms with Crippen molar-refractivity contribution in [2.45, 2.75) is 45.6 Å². The van der Waals surface area contributed by atoms with Crippen LogP contribution in [0.2, 0.25) is 0 Å². The van der Waals surface area contributed by atoms with Gasteiger partial charge in [0.2, 0.25) is 0 Å². The van der Waals surface area contributed by atoms with Crippen molar-refractivity contribution in [1.82, 2.24) is 14.8 Å². The van der Waals surface area contributed by atoms with E-state index >= 15 is 0 Å². The Hall–Kier alpha value is -2.53.